The van der Waals surface area contributed by atoms with Crippen LogP contribution in [0.25, 0.3) is 6.08 Å². The average molecular weight is 332 g/mol. The van der Waals surface area contributed by atoms with Gasteiger partial charge < -0.3 is 9.84 Å². The Balaban J connectivity index is 2.15. The number of allylic oxidation sites excluding steroid dienone is 1. The third-order valence-electron chi connectivity index (χ3n) is 4.04. The van der Waals surface area contributed by atoms with Crippen molar-refractivity contribution in [1.29, 1.82) is 0 Å². The van der Waals surface area contributed by atoms with Crippen LogP contribution in [0.15, 0.2) is 30.3 Å². The van der Waals surface area contributed by atoms with Gasteiger partial charge in [0.25, 0.3) is 0 Å². The van der Waals surface area contributed by atoms with Gasteiger partial charge in [0.05, 0.1) is 0 Å². The van der Waals surface area contributed by atoms with Crippen molar-refractivity contribution in [2.75, 3.05) is 6.61 Å². The van der Waals surface area contributed by atoms with Gasteiger partial charge in [-0.15, -0.1) is 0 Å². The summed E-state index contributed by atoms with van der Waals surface area (Å²) in [6, 6.07) is 7.55. The van der Waals surface area contributed by atoms with E-state index >= 15 is 0 Å². The second kappa shape index (κ2) is 13.6. The lowest BCUT2D eigenvalue weighted by molar-refractivity contribution is -0.139. The lowest BCUT2D eigenvalue weighted by Crippen LogP contribution is -2.09. The van der Waals surface area contributed by atoms with Crippen molar-refractivity contribution >= 4 is 12.0 Å². The van der Waals surface area contributed by atoms with Gasteiger partial charge in [0.2, 0.25) is 0 Å². The maximum absolute atomic E-state index is 10.6. The number of rotatable bonds is 14. The Bertz CT molecular complexity index is 480. The highest BCUT2D eigenvalue weighted by Crippen LogP contribution is 2.20. The van der Waals surface area contributed by atoms with Crippen LogP contribution in [-0.2, 0) is 4.79 Å². The molecule has 1 N–H and O–H groups in total. The Morgan fingerprint density at radius 2 is 1.62 bits per heavy atom. The zero-order valence-electron chi connectivity index (χ0n) is 15.0. The van der Waals surface area contributed by atoms with E-state index in [0.717, 1.165) is 12.0 Å². The van der Waals surface area contributed by atoms with Gasteiger partial charge in [0.1, 0.15) is 5.75 Å². The van der Waals surface area contributed by atoms with Crippen LogP contribution in [0, 0.1) is 0 Å². The summed E-state index contributed by atoms with van der Waals surface area (Å²) in [6.45, 7) is 1.95. The van der Waals surface area contributed by atoms with Crippen molar-refractivity contribution in [3.63, 3.8) is 0 Å². The Kier molecular flexibility index (Phi) is 11.5. The minimum Gasteiger partial charge on any atom is -0.481 e. The van der Waals surface area contributed by atoms with Crippen molar-refractivity contribution in [3.8, 4) is 5.75 Å². The number of carboxylic acids is 1. The lowest BCUT2D eigenvalue weighted by atomic mass is 10.1. The molecule has 0 aromatic heterocycles. The summed E-state index contributed by atoms with van der Waals surface area (Å²) < 4.78 is 5.30. The third kappa shape index (κ3) is 10.1. The van der Waals surface area contributed by atoms with Gasteiger partial charge in [0.15, 0.2) is 6.61 Å². The molecule has 0 unspecified atom stereocenters. The number of hydrogen-bond acceptors (Lipinski definition) is 2. The number of hydrogen-bond donors (Lipinski definition) is 1. The summed E-state index contributed by atoms with van der Waals surface area (Å²) in [5.41, 5.74) is 0.940. The van der Waals surface area contributed by atoms with Crippen LogP contribution in [0.3, 0.4) is 0 Å². The minimum absolute atomic E-state index is 0.302. The van der Waals surface area contributed by atoms with Crippen LogP contribution >= 0.6 is 0 Å². The smallest absolute Gasteiger partial charge is 0.341 e. The second-order valence-electron chi connectivity index (χ2n) is 6.24. The summed E-state index contributed by atoms with van der Waals surface area (Å²) in [5.74, 6) is -0.327. The molecule has 0 saturated heterocycles. The SMILES string of the molecule is CCCCCCCCCCC/C=C/c1ccccc1OCC(=O)O. The molecule has 0 amide bonds. The van der Waals surface area contributed by atoms with E-state index in [0.29, 0.717) is 5.75 Å². The van der Waals surface area contributed by atoms with Crippen molar-refractivity contribution < 1.29 is 14.6 Å². The van der Waals surface area contributed by atoms with E-state index in [-0.39, 0.29) is 6.61 Å². The Morgan fingerprint density at radius 1 is 1.00 bits per heavy atom. The standard InChI is InChI=1S/C21H32O3/c1-2-3-4-5-6-7-8-9-10-11-12-15-19-16-13-14-17-20(19)24-18-21(22)23/h12-17H,2-11,18H2,1H3,(H,22,23)/b15-12+. The highest BCUT2D eigenvalue weighted by atomic mass is 16.5. The molecule has 0 aliphatic heterocycles. The van der Waals surface area contributed by atoms with Gasteiger partial charge in [-0.2, -0.15) is 0 Å². The number of unbranched alkanes of at least 4 members (excludes halogenated alkanes) is 9. The number of para-hydroxylation sites is 1. The van der Waals surface area contributed by atoms with E-state index in [1.165, 1.54) is 57.8 Å². The first-order chi connectivity index (χ1) is 11.7. The molecule has 0 heterocycles. The molecule has 0 fully saturated rings. The van der Waals surface area contributed by atoms with Gasteiger partial charge in [-0.25, -0.2) is 4.79 Å². The molecule has 0 saturated carbocycles. The number of aliphatic carboxylic acids is 1. The van der Waals surface area contributed by atoms with Gasteiger partial charge >= 0.3 is 5.97 Å². The average Bonchev–Trinajstić information content (AvgIpc) is 2.58. The number of benzene rings is 1. The molecule has 1 rings (SSSR count). The predicted molar refractivity (Wildman–Crippen MR) is 100 cm³/mol. The predicted octanol–water partition coefficient (Wildman–Crippen LogP) is 6.08. The first kappa shape index (κ1) is 20.3. The van der Waals surface area contributed by atoms with Crippen LogP contribution in [-0.4, -0.2) is 17.7 Å². The molecule has 24 heavy (non-hydrogen) atoms. The van der Waals surface area contributed by atoms with Crippen LogP contribution < -0.4 is 4.74 Å². The Labute approximate surface area is 146 Å². The van der Waals surface area contributed by atoms with Crippen molar-refractivity contribution in [3.05, 3.63) is 35.9 Å². The fraction of sp³-hybridized carbons (Fsp3) is 0.571. The first-order valence-electron chi connectivity index (χ1n) is 9.34. The molecular formula is C21H32O3. The molecule has 3 nitrogen and oxygen atoms in total. The minimum atomic E-state index is -0.955. The van der Waals surface area contributed by atoms with Crippen molar-refractivity contribution in [2.45, 2.75) is 71.1 Å². The van der Waals surface area contributed by atoms with E-state index in [4.69, 9.17) is 9.84 Å². The molecule has 0 aliphatic rings. The molecule has 0 radical (unpaired) electrons. The summed E-state index contributed by atoms with van der Waals surface area (Å²) in [7, 11) is 0. The van der Waals surface area contributed by atoms with E-state index in [1.807, 2.05) is 24.3 Å². The van der Waals surface area contributed by atoms with Crippen molar-refractivity contribution in [1.82, 2.24) is 0 Å². The summed E-state index contributed by atoms with van der Waals surface area (Å²) >= 11 is 0. The van der Waals surface area contributed by atoms with Gasteiger partial charge in [-0.1, -0.05) is 88.6 Å². The fourth-order valence-electron chi connectivity index (χ4n) is 2.67. The first-order valence-corrected chi connectivity index (χ1v) is 9.34. The molecule has 0 bridgehead atoms. The van der Waals surface area contributed by atoms with Crippen LogP contribution in [0.5, 0.6) is 5.75 Å². The Morgan fingerprint density at radius 3 is 2.29 bits per heavy atom. The van der Waals surface area contributed by atoms with E-state index in [9.17, 15) is 4.79 Å². The molecular weight excluding hydrogens is 300 g/mol. The normalized spacial score (nSPS) is 11.0. The van der Waals surface area contributed by atoms with Crippen LogP contribution in [0.2, 0.25) is 0 Å². The van der Waals surface area contributed by atoms with E-state index in [1.54, 1.807) is 6.07 Å². The number of carbonyl (C=O) groups is 1. The van der Waals surface area contributed by atoms with Gasteiger partial charge in [-0.05, 0) is 18.9 Å². The maximum Gasteiger partial charge on any atom is 0.341 e. The van der Waals surface area contributed by atoms with Gasteiger partial charge in [-0.3, -0.25) is 0 Å². The summed E-state index contributed by atoms with van der Waals surface area (Å²) in [4.78, 5) is 10.6. The highest BCUT2D eigenvalue weighted by Gasteiger charge is 2.02. The monoisotopic (exact) mass is 332 g/mol. The quantitative estimate of drug-likeness (QED) is 0.420. The molecule has 0 spiro atoms. The molecule has 1 aromatic carbocycles. The van der Waals surface area contributed by atoms with Gasteiger partial charge in [0, 0.05) is 5.56 Å². The summed E-state index contributed by atoms with van der Waals surface area (Å²) in [5, 5.41) is 8.70. The fourth-order valence-corrected chi connectivity index (χ4v) is 2.67. The highest BCUT2D eigenvalue weighted by molar-refractivity contribution is 5.69. The molecule has 134 valence electrons. The molecule has 0 atom stereocenters. The lowest BCUT2D eigenvalue weighted by Gasteiger charge is -2.06. The topological polar surface area (TPSA) is 46.5 Å². The van der Waals surface area contributed by atoms with Crippen LogP contribution in [0.1, 0.15) is 76.7 Å². The maximum atomic E-state index is 10.6. The molecule has 3 heteroatoms. The molecule has 0 aliphatic carbocycles. The summed E-state index contributed by atoms with van der Waals surface area (Å²) in [6.07, 6.45) is 17.3. The van der Waals surface area contributed by atoms with E-state index in [2.05, 4.69) is 13.0 Å². The number of carboxylic acid groups (broad SMARTS) is 1. The van der Waals surface area contributed by atoms with Crippen molar-refractivity contribution in [2.24, 2.45) is 0 Å². The number of ether oxygens (including phenoxy) is 1. The van der Waals surface area contributed by atoms with Crippen LogP contribution in [0.4, 0.5) is 0 Å². The van der Waals surface area contributed by atoms with E-state index < -0.39 is 5.97 Å². The Hall–Kier alpha value is -1.77. The molecule has 1 aromatic rings. The zero-order valence-corrected chi connectivity index (χ0v) is 15.0. The zero-order chi connectivity index (χ0) is 17.5. The largest absolute Gasteiger partial charge is 0.481 e. The third-order valence-corrected chi connectivity index (χ3v) is 4.04. The second-order valence-corrected chi connectivity index (χ2v) is 6.24.